The molecule has 3 rings (SSSR count). The Morgan fingerprint density at radius 3 is 2.67 bits per heavy atom. The number of nitrogens with zero attached hydrogens (tertiary/aromatic N) is 1. The molecule has 1 amide bonds. The molecule has 1 aromatic rings. The molecule has 0 bridgehead atoms. The van der Waals surface area contributed by atoms with E-state index in [-0.39, 0.29) is 29.1 Å². The van der Waals surface area contributed by atoms with Crippen molar-refractivity contribution in [3.05, 3.63) is 65.7 Å². The van der Waals surface area contributed by atoms with Gasteiger partial charge in [-0.05, 0) is 24.3 Å². The maximum Gasteiger partial charge on any atom is 0.260 e. The summed E-state index contributed by atoms with van der Waals surface area (Å²) in [4.78, 5) is 16.4. The predicted molar refractivity (Wildman–Crippen MR) is 78.7 cm³/mol. The standard InChI is InChI=1S/C16H13FN2O2/c17-10-5-7-11(8-6-10)19-16(21)13-9-18-14-4-2-1-3-12(14)15(13)20/h1-9,12,14,20H,(H,19,21). The van der Waals surface area contributed by atoms with Crippen LogP contribution in [0.4, 0.5) is 10.1 Å². The van der Waals surface area contributed by atoms with Gasteiger partial charge in [-0.1, -0.05) is 24.3 Å². The number of amides is 1. The molecule has 5 heteroatoms. The van der Waals surface area contributed by atoms with E-state index in [0.29, 0.717) is 5.69 Å². The van der Waals surface area contributed by atoms with E-state index in [1.165, 1.54) is 30.5 Å². The number of hydrogen-bond donors (Lipinski definition) is 2. The number of rotatable bonds is 2. The molecule has 21 heavy (non-hydrogen) atoms. The van der Waals surface area contributed by atoms with Gasteiger partial charge in [-0.25, -0.2) is 4.39 Å². The van der Waals surface area contributed by atoms with Gasteiger partial charge in [-0.2, -0.15) is 0 Å². The fourth-order valence-electron chi connectivity index (χ4n) is 2.30. The maximum absolute atomic E-state index is 12.8. The number of benzene rings is 1. The molecule has 2 atom stereocenters. The lowest BCUT2D eigenvalue weighted by Gasteiger charge is -2.25. The molecular formula is C16H13FN2O2. The number of aliphatic hydroxyl groups is 1. The Hall–Kier alpha value is -2.69. The average molecular weight is 284 g/mol. The summed E-state index contributed by atoms with van der Waals surface area (Å²) in [6.07, 6.45) is 8.72. The van der Waals surface area contributed by atoms with E-state index in [0.717, 1.165) is 0 Å². The minimum absolute atomic E-state index is 0.00443. The molecule has 4 nitrogen and oxygen atoms in total. The van der Waals surface area contributed by atoms with Crippen molar-refractivity contribution >= 4 is 17.8 Å². The number of aliphatic hydroxyl groups excluding tert-OH is 1. The van der Waals surface area contributed by atoms with Crippen LogP contribution in [0.1, 0.15) is 0 Å². The highest BCUT2D eigenvalue weighted by molar-refractivity contribution is 6.18. The highest BCUT2D eigenvalue weighted by atomic mass is 19.1. The van der Waals surface area contributed by atoms with Crippen LogP contribution in [0.5, 0.6) is 0 Å². The monoisotopic (exact) mass is 284 g/mol. The van der Waals surface area contributed by atoms with Crippen LogP contribution in [0.25, 0.3) is 0 Å². The first-order valence-corrected chi connectivity index (χ1v) is 6.53. The van der Waals surface area contributed by atoms with E-state index >= 15 is 0 Å². The van der Waals surface area contributed by atoms with Crippen molar-refractivity contribution in [3.8, 4) is 0 Å². The van der Waals surface area contributed by atoms with Gasteiger partial charge >= 0.3 is 0 Å². The van der Waals surface area contributed by atoms with Gasteiger partial charge < -0.3 is 10.4 Å². The zero-order valence-electron chi connectivity index (χ0n) is 11.0. The minimum atomic E-state index is -0.468. The van der Waals surface area contributed by atoms with E-state index in [2.05, 4.69) is 10.3 Å². The number of hydrogen-bond acceptors (Lipinski definition) is 3. The van der Waals surface area contributed by atoms with Crippen molar-refractivity contribution in [1.82, 2.24) is 0 Å². The highest BCUT2D eigenvalue weighted by Gasteiger charge is 2.29. The molecule has 1 aromatic carbocycles. The molecule has 1 aliphatic heterocycles. The van der Waals surface area contributed by atoms with Gasteiger partial charge in [0, 0.05) is 11.9 Å². The van der Waals surface area contributed by atoms with Crippen LogP contribution in [0, 0.1) is 11.7 Å². The summed E-state index contributed by atoms with van der Waals surface area (Å²) in [7, 11) is 0. The molecule has 1 heterocycles. The van der Waals surface area contributed by atoms with E-state index in [1.807, 2.05) is 24.3 Å². The second-order valence-corrected chi connectivity index (χ2v) is 4.82. The number of halogens is 1. The zero-order valence-corrected chi connectivity index (χ0v) is 11.0. The van der Waals surface area contributed by atoms with Crippen LogP contribution in [0.3, 0.4) is 0 Å². The van der Waals surface area contributed by atoms with Crippen molar-refractivity contribution in [2.45, 2.75) is 6.04 Å². The topological polar surface area (TPSA) is 61.7 Å². The fraction of sp³-hybridized carbons (Fsp3) is 0.125. The Morgan fingerprint density at radius 2 is 1.90 bits per heavy atom. The number of aliphatic imine (C=N–C) groups is 1. The number of anilines is 1. The van der Waals surface area contributed by atoms with Crippen LogP contribution in [0.15, 0.2) is 64.9 Å². The molecule has 2 N–H and O–H groups in total. The molecule has 106 valence electrons. The molecule has 0 radical (unpaired) electrons. The third kappa shape index (κ3) is 2.63. The molecule has 1 aliphatic carbocycles. The van der Waals surface area contributed by atoms with Gasteiger partial charge in [0.05, 0.1) is 17.5 Å². The van der Waals surface area contributed by atoms with Crippen molar-refractivity contribution < 1.29 is 14.3 Å². The van der Waals surface area contributed by atoms with Crippen molar-refractivity contribution in [3.63, 3.8) is 0 Å². The highest BCUT2D eigenvalue weighted by Crippen LogP contribution is 2.28. The molecule has 2 aliphatic rings. The Kier molecular flexibility index (Phi) is 3.39. The lowest BCUT2D eigenvalue weighted by Crippen LogP contribution is -2.28. The van der Waals surface area contributed by atoms with E-state index < -0.39 is 5.91 Å². The predicted octanol–water partition coefficient (Wildman–Crippen LogP) is 2.77. The molecule has 0 fully saturated rings. The normalized spacial score (nSPS) is 23.1. The van der Waals surface area contributed by atoms with Crippen LogP contribution in [-0.2, 0) is 4.79 Å². The summed E-state index contributed by atoms with van der Waals surface area (Å²) in [5, 5.41) is 12.8. The molecular weight excluding hydrogens is 271 g/mol. The smallest absolute Gasteiger partial charge is 0.260 e. The summed E-state index contributed by atoms with van der Waals surface area (Å²) < 4.78 is 12.8. The number of dihydropyridines is 1. The zero-order chi connectivity index (χ0) is 14.8. The second-order valence-electron chi connectivity index (χ2n) is 4.82. The number of nitrogens with one attached hydrogen (secondary N) is 1. The average Bonchev–Trinajstić information content (AvgIpc) is 2.50. The first-order valence-electron chi connectivity index (χ1n) is 6.53. The van der Waals surface area contributed by atoms with Crippen LogP contribution in [-0.4, -0.2) is 23.3 Å². The molecule has 2 unspecified atom stereocenters. The summed E-state index contributed by atoms with van der Waals surface area (Å²) in [5.74, 6) is -1.16. The minimum Gasteiger partial charge on any atom is -0.511 e. The summed E-state index contributed by atoms with van der Waals surface area (Å²) >= 11 is 0. The van der Waals surface area contributed by atoms with Gasteiger partial charge in [0.15, 0.2) is 0 Å². The van der Waals surface area contributed by atoms with Gasteiger partial charge in [-0.15, -0.1) is 0 Å². The van der Waals surface area contributed by atoms with E-state index in [1.54, 1.807) is 0 Å². The summed E-state index contributed by atoms with van der Waals surface area (Å²) in [6, 6.07) is 5.25. The molecule has 0 spiro atoms. The third-order valence-electron chi connectivity index (χ3n) is 3.42. The second kappa shape index (κ2) is 5.36. The largest absolute Gasteiger partial charge is 0.511 e. The van der Waals surface area contributed by atoms with Crippen molar-refractivity contribution in [2.75, 3.05) is 5.32 Å². The van der Waals surface area contributed by atoms with Crippen LogP contribution >= 0.6 is 0 Å². The SMILES string of the molecule is O=C(Nc1ccc(F)cc1)C1=C(O)C2C=CC=CC2N=C1. The molecule has 0 saturated heterocycles. The van der Waals surface area contributed by atoms with Gasteiger partial charge in [0.25, 0.3) is 5.91 Å². The lowest BCUT2D eigenvalue weighted by atomic mass is 9.89. The first-order chi connectivity index (χ1) is 10.1. The number of fused-ring (bicyclic) bond motifs is 1. The lowest BCUT2D eigenvalue weighted by molar-refractivity contribution is -0.112. The Balaban J connectivity index is 1.81. The Labute approximate surface area is 121 Å². The molecule has 0 saturated carbocycles. The number of carbonyl (C=O) groups excluding carboxylic acids is 1. The fourth-order valence-corrected chi connectivity index (χ4v) is 2.30. The van der Waals surface area contributed by atoms with Gasteiger partial charge in [0.1, 0.15) is 11.6 Å². The van der Waals surface area contributed by atoms with Crippen molar-refractivity contribution in [1.29, 1.82) is 0 Å². The molecule has 0 aromatic heterocycles. The van der Waals surface area contributed by atoms with E-state index in [4.69, 9.17) is 0 Å². The first kappa shape index (κ1) is 13.3. The van der Waals surface area contributed by atoms with Crippen molar-refractivity contribution in [2.24, 2.45) is 10.9 Å². The van der Waals surface area contributed by atoms with E-state index in [9.17, 15) is 14.3 Å². The quantitative estimate of drug-likeness (QED) is 0.877. The number of carbonyl (C=O) groups is 1. The number of allylic oxidation sites excluding steroid dienone is 2. The Bertz CT molecular complexity index is 687. The van der Waals surface area contributed by atoms with Crippen LogP contribution < -0.4 is 5.32 Å². The Morgan fingerprint density at radius 1 is 1.19 bits per heavy atom. The van der Waals surface area contributed by atoms with Gasteiger partial charge in [-0.3, -0.25) is 9.79 Å². The third-order valence-corrected chi connectivity index (χ3v) is 3.42. The maximum atomic E-state index is 12.8. The summed E-state index contributed by atoms with van der Waals surface area (Å²) in [6.45, 7) is 0. The summed E-state index contributed by atoms with van der Waals surface area (Å²) in [5.41, 5.74) is 0.580. The van der Waals surface area contributed by atoms with Crippen LogP contribution in [0.2, 0.25) is 0 Å². The van der Waals surface area contributed by atoms with Gasteiger partial charge in [0.2, 0.25) is 0 Å².